The van der Waals surface area contributed by atoms with Crippen LogP contribution in [-0.4, -0.2) is 68.2 Å². The van der Waals surface area contributed by atoms with Crippen LogP contribution in [0.1, 0.15) is 23.7 Å². The second kappa shape index (κ2) is 11.4. The topological polar surface area (TPSA) is 121 Å². The highest BCUT2D eigenvalue weighted by atomic mass is 19.1. The zero-order chi connectivity index (χ0) is 22.1. The number of ether oxygens (including phenoxy) is 1. The minimum atomic E-state index is -1.04. The molecule has 1 aromatic carbocycles. The van der Waals surface area contributed by atoms with Gasteiger partial charge in [-0.3, -0.25) is 9.69 Å². The van der Waals surface area contributed by atoms with E-state index >= 15 is 0 Å². The molecule has 164 valence electrons. The van der Waals surface area contributed by atoms with Gasteiger partial charge in [0.05, 0.1) is 5.56 Å². The number of nitrogens with one attached hydrogen (secondary N) is 3. The minimum absolute atomic E-state index is 0.0356. The molecular formula is C20H27F2N5O3. The van der Waals surface area contributed by atoms with E-state index in [1.54, 1.807) is 6.92 Å². The zero-order valence-corrected chi connectivity index (χ0v) is 16.9. The Kier molecular flexibility index (Phi) is 8.88. The van der Waals surface area contributed by atoms with Crippen molar-refractivity contribution in [1.82, 2.24) is 15.5 Å². The standard InChI is InChI=1S/C20H27F2N5O3/c1-2-15(23)18(19(24)26-8-11-27-9-6-25-7-10-27)20(29)30-12-16(28)17-13(21)4-3-5-14(17)22/h3-5,23,25-26H,2,6-12,24H2,1H3/b19-18+,23-15?. The molecule has 5 N–H and O–H groups in total. The largest absolute Gasteiger partial charge is 0.454 e. The monoisotopic (exact) mass is 423 g/mol. The minimum Gasteiger partial charge on any atom is -0.454 e. The molecule has 0 unspecified atom stereocenters. The molecule has 0 atom stereocenters. The van der Waals surface area contributed by atoms with Crippen LogP contribution in [0, 0.1) is 17.0 Å². The molecule has 10 heteroatoms. The molecule has 1 fully saturated rings. The number of halogens is 2. The van der Waals surface area contributed by atoms with Crippen molar-refractivity contribution in [2.75, 3.05) is 45.9 Å². The van der Waals surface area contributed by atoms with Crippen molar-refractivity contribution in [2.24, 2.45) is 5.73 Å². The van der Waals surface area contributed by atoms with Crippen molar-refractivity contribution in [1.29, 1.82) is 5.41 Å². The fourth-order valence-corrected chi connectivity index (χ4v) is 2.98. The lowest BCUT2D eigenvalue weighted by Crippen LogP contribution is -2.46. The lowest BCUT2D eigenvalue weighted by atomic mass is 10.1. The van der Waals surface area contributed by atoms with Crippen LogP contribution < -0.4 is 16.4 Å². The highest BCUT2D eigenvalue weighted by molar-refractivity contribution is 6.19. The molecule has 1 aliphatic heterocycles. The molecule has 0 aromatic heterocycles. The maximum Gasteiger partial charge on any atom is 0.344 e. The maximum absolute atomic E-state index is 13.7. The molecule has 0 aliphatic carbocycles. The van der Waals surface area contributed by atoms with Gasteiger partial charge >= 0.3 is 5.97 Å². The molecule has 8 nitrogen and oxygen atoms in total. The number of ketones is 1. The van der Waals surface area contributed by atoms with E-state index in [9.17, 15) is 18.4 Å². The van der Waals surface area contributed by atoms with E-state index in [-0.39, 0.29) is 23.5 Å². The Morgan fingerprint density at radius 2 is 1.90 bits per heavy atom. The molecule has 2 rings (SSSR count). The predicted octanol–water partition coefficient (Wildman–Crippen LogP) is 0.786. The number of carbonyl (C=O) groups is 2. The van der Waals surface area contributed by atoms with Crippen LogP contribution in [0.25, 0.3) is 0 Å². The maximum atomic E-state index is 13.7. The van der Waals surface area contributed by atoms with E-state index < -0.39 is 35.6 Å². The number of benzene rings is 1. The first kappa shape index (κ1) is 23.4. The summed E-state index contributed by atoms with van der Waals surface area (Å²) in [5.41, 5.74) is 4.93. The van der Waals surface area contributed by atoms with Gasteiger partial charge < -0.3 is 26.5 Å². The number of nitrogens with zero attached hydrogens (tertiary/aromatic N) is 1. The van der Waals surface area contributed by atoms with E-state index in [1.165, 1.54) is 0 Å². The van der Waals surface area contributed by atoms with Crippen molar-refractivity contribution in [2.45, 2.75) is 13.3 Å². The van der Waals surface area contributed by atoms with Crippen molar-refractivity contribution in [3.8, 4) is 0 Å². The summed E-state index contributed by atoms with van der Waals surface area (Å²) in [7, 11) is 0. The molecule has 0 radical (unpaired) electrons. The second-order valence-corrected chi connectivity index (χ2v) is 6.74. The zero-order valence-electron chi connectivity index (χ0n) is 16.9. The van der Waals surface area contributed by atoms with Gasteiger partial charge in [0, 0.05) is 45.0 Å². The Morgan fingerprint density at radius 1 is 1.27 bits per heavy atom. The molecule has 1 aliphatic rings. The Labute approximate surface area is 173 Å². The van der Waals surface area contributed by atoms with E-state index in [0.717, 1.165) is 44.4 Å². The molecule has 0 bridgehead atoms. The van der Waals surface area contributed by atoms with Crippen LogP contribution in [0.5, 0.6) is 0 Å². The fourth-order valence-electron chi connectivity index (χ4n) is 2.98. The Balaban J connectivity index is 2.00. The summed E-state index contributed by atoms with van der Waals surface area (Å²) in [5, 5.41) is 14.2. The molecule has 0 saturated carbocycles. The van der Waals surface area contributed by atoms with Crippen LogP contribution >= 0.6 is 0 Å². The van der Waals surface area contributed by atoms with Crippen LogP contribution in [0.15, 0.2) is 29.6 Å². The van der Waals surface area contributed by atoms with Gasteiger partial charge in [-0.1, -0.05) is 13.0 Å². The van der Waals surface area contributed by atoms with Crippen LogP contribution in [-0.2, 0) is 9.53 Å². The molecule has 30 heavy (non-hydrogen) atoms. The molecule has 1 saturated heterocycles. The number of carbonyl (C=O) groups excluding carboxylic acids is 2. The third-order valence-corrected chi connectivity index (χ3v) is 4.66. The Bertz CT molecular complexity index is 802. The third-order valence-electron chi connectivity index (χ3n) is 4.66. The summed E-state index contributed by atoms with van der Waals surface area (Å²) >= 11 is 0. The van der Waals surface area contributed by atoms with Crippen molar-refractivity contribution in [3.63, 3.8) is 0 Å². The molecule has 1 heterocycles. The number of esters is 1. The lowest BCUT2D eigenvalue weighted by Gasteiger charge is -2.27. The smallest absolute Gasteiger partial charge is 0.344 e. The first-order chi connectivity index (χ1) is 14.3. The average Bonchev–Trinajstić information content (AvgIpc) is 2.73. The van der Waals surface area contributed by atoms with Crippen LogP contribution in [0.4, 0.5) is 8.78 Å². The number of piperazine rings is 1. The normalized spacial score (nSPS) is 15.3. The van der Waals surface area contributed by atoms with E-state index in [1.807, 2.05) is 0 Å². The van der Waals surface area contributed by atoms with Gasteiger partial charge in [0.25, 0.3) is 0 Å². The summed E-state index contributed by atoms with van der Waals surface area (Å²) in [6, 6.07) is 3.01. The third kappa shape index (κ3) is 6.33. The van der Waals surface area contributed by atoms with Gasteiger partial charge in [0.15, 0.2) is 6.61 Å². The number of Topliss-reactive ketones (excluding diaryl/α,β-unsaturated/α-hetero) is 1. The number of hydrogen-bond acceptors (Lipinski definition) is 8. The summed E-state index contributed by atoms with van der Waals surface area (Å²) in [5.74, 6) is -4.14. The first-order valence-electron chi connectivity index (χ1n) is 9.74. The summed E-state index contributed by atoms with van der Waals surface area (Å²) < 4.78 is 32.3. The van der Waals surface area contributed by atoms with Crippen LogP contribution in [0.3, 0.4) is 0 Å². The lowest BCUT2D eigenvalue weighted by molar-refractivity contribution is -0.137. The summed E-state index contributed by atoms with van der Waals surface area (Å²) in [6.07, 6.45) is 0.209. The van der Waals surface area contributed by atoms with Gasteiger partial charge in [-0.05, 0) is 18.6 Å². The molecular weight excluding hydrogens is 396 g/mol. The Morgan fingerprint density at radius 3 is 2.50 bits per heavy atom. The summed E-state index contributed by atoms with van der Waals surface area (Å²) in [4.78, 5) is 26.8. The number of rotatable bonds is 10. The quantitative estimate of drug-likeness (QED) is 0.190. The number of hydrogen-bond donors (Lipinski definition) is 4. The van der Waals surface area contributed by atoms with Gasteiger partial charge in [-0.2, -0.15) is 0 Å². The average molecular weight is 423 g/mol. The molecule has 0 spiro atoms. The molecule has 0 amide bonds. The summed E-state index contributed by atoms with van der Waals surface area (Å²) in [6.45, 7) is 5.57. The van der Waals surface area contributed by atoms with Crippen LogP contribution in [0.2, 0.25) is 0 Å². The van der Waals surface area contributed by atoms with Gasteiger partial charge in [-0.15, -0.1) is 0 Å². The Hall–Kier alpha value is -2.85. The van der Waals surface area contributed by atoms with Gasteiger partial charge in [-0.25, -0.2) is 13.6 Å². The van der Waals surface area contributed by atoms with E-state index in [4.69, 9.17) is 15.9 Å². The van der Waals surface area contributed by atoms with Crippen molar-refractivity contribution in [3.05, 3.63) is 46.8 Å². The first-order valence-corrected chi connectivity index (χ1v) is 9.74. The highest BCUT2D eigenvalue weighted by Gasteiger charge is 2.23. The highest BCUT2D eigenvalue weighted by Crippen LogP contribution is 2.14. The molecule has 1 aromatic rings. The SMILES string of the molecule is CCC(=N)/C(C(=O)OCC(=O)c1c(F)cccc1F)=C(/N)NCCN1CCNCC1. The van der Waals surface area contributed by atoms with Crippen molar-refractivity contribution < 1.29 is 23.1 Å². The number of nitrogens with two attached hydrogens (primary N) is 1. The van der Waals surface area contributed by atoms with Gasteiger partial charge in [0.2, 0.25) is 5.78 Å². The van der Waals surface area contributed by atoms with E-state index in [2.05, 4.69) is 15.5 Å². The second-order valence-electron chi connectivity index (χ2n) is 6.74. The predicted molar refractivity (Wildman–Crippen MR) is 108 cm³/mol. The van der Waals surface area contributed by atoms with E-state index in [0.29, 0.717) is 13.1 Å². The van der Waals surface area contributed by atoms with Gasteiger partial charge in [0.1, 0.15) is 23.0 Å². The van der Waals surface area contributed by atoms with Crippen molar-refractivity contribution >= 4 is 17.5 Å². The fraction of sp³-hybridized carbons (Fsp3) is 0.450.